The third-order valence-electron chi connectivity index (χ3n) is 5.81. The number of aromatic nitrogens is 2. The van der Waals surface area contributed by atoms with Crippen LogP contribution in [0.1, 0.15) is 42.1 Å². The van der Waals surface area contributed by atoms with Crippen LogP contribution in [0, 0.1) is 12.8 Å². The van der Waals surface area contributed by atoms with E-state index in [0.29, 0.717) is 18.0 Å². The number of carbonyl (C=O) groups excluding carboxylic acids is 2. The minimum atomic E-state index is -0.110. The number of carbonyl (C=O) groups is 2. The minimum absolute atomic E-state index is 0.0392. The zero-order valence-electron chi connectivity index (χ0n) is 17.0. The predicted molar refractivity (Wildman–Crippen MR) is 112 cm³/mol. The summed E-state index contributed by atoms with van der Waals surface area (Å²) in [6.07, 6.45) is 8.48. The Morgan fingerprint density at radius 1 is 1.21 bits per heavy atom. The first-order valence-corrected chi connectivity index (χ1v) is 10.2. The van der Waals surface area contributed by atoms with Gasteiger partial charge in [-0.1, -0.05) is 6.42 Å². The monoisotopic (exact) mass is 393 g/mol. The normalized spacial score (nSPS) is 21.4. The maximum atomic E-state index is 13.1. The molecule has 2 aliphatic heterocycles. The second kappa shape index (κ2) is 8.19. The van der Waals surface area contributed by atoms with Crippen LogP contribution >= 0.6 is 0 Å². The number of hydrogen-bond acceptors (Lipinski definition) is 5. The Kier molecular flexibility index (Phi) is 5.47. The number of aryl methyl sites for hydroxylation is 1. The second-order valence-electron chi connectivity index (χ2n) is 8.03. The fraction of sp³-hybridized carbons (Fsp3) is 0.455. The highest BCUT2D eigenvalue weighted by molar-refractivity contribution is 5.94. The summed E-state index contributed by atoms with van der Waals surface area (Å²) in [5, 5.41) is 2.91. The number of hydrogen-bond donors (Lipinski definition) is 1. The summed E-state index contributed by atoms with van der Waals surface area (Å²) in [6, 6.07) is 5.82. The number of anilines is 2. The minimum Gasteiger partial charge on any atom is -0.350 e. The zero-order chi connectivity index (χ0) is 20.4. The third kappa shape index (κ3) is 4.09. The number of nitrogens with one attached hydrogen (secondary N) is 1. The van der Waals surface area contributed by atoms with E-state index in [1.807, 2.05) is 30.0 Å². The number of nitrogens with zero attached hydrogens (tertiary/aromatic N) is 4. The van der Waals surface area contributed by atoms with Gasteiger partial charge in [-0.3, -0.25) is 14.6 Å². The molecule has 4 rings (SSSR count). The molecule has 4 heterocycles. The molecule has 7 nitrogen and oxygen atoms in total. The Hall–Kier alpha value is -2.96. The Morgan fingerprint density at radius 3 is 2.86 bits per heavy atom. The molecular formula is C22H27N5O2. The molecule has 29 heavy (non-hydrogen) atoms. The van der Waals surface area contributed by atoms with Crippen molar-refractivity contribution in [1.82, 2.24) is 14.9 Å². The first kappa shape index (κ1) is 19.4. The van der Waals surface area contributed by atoms with E-state index in [1.165, 1.54) is 6.92 Å². The van der Waals surface area contributed by atoms with E-state index in [-0.39, 0.29) is 17.9 Å². The Bertz CT molecular complexity index is 916. The lowest BCUT2D eigenvalue weighted by Crippen LogP contribution is -2.42. The summed E-state index contributed by atoms with van der Waals surface area (Å²) in [6.45, 7) is 5.74. The summed E-state index contributed by atoms with van der Waals surface area (Å²) in [7, 11) is 0. The fourth-order valence-electron chi connectivity index (χ4n) is 4.54. The molecule has 2 aliphatic rings. The van der Waals surface area contributed by atoms with Gasteiger partial charge in [-0.2, -0.15) is 0 Å². The van der Waals surface area contributed by atoms with Crippen LogP contribution in [-0.4, -0.2) is 52.4 Å². The molecule has 0 bridgehead atoms. The average Bonchev–Trinajstić information content (AvgIpc) is 3.02. The van der Waals surface area contributed by atoms with Gasteiger partial charge in [0.15, 0.2) is 5.82 Å². The summed E-state index contributed by atoms with van der Waals surface area (Å²) >= 11 is 0. The summed E-state index contributed by atoms with van der Waals surface area (Å²) in [5.41, 5.74) is 2.36. The van der Waals surface area contributed by atoms with Crippen molar-refractivity contribution < 1.29 is 9.59 Å². The van der Waals surface area contributed by atoms with Crippen molar-refractivity contribution in [3.8, 4) is 0 Å². The molecule has 0 saturated carbocycles. The first-order chi connectivity index (χ1) is 14.0. The number of pyridine rings is 2. The lowest BCUT2D eigenvalue weighted by molar-refractivity contribution is -0.114. The van der Waals surface area contributed by atoms with Crippen molar-refractivity contribution in [2.75, 3.05) is 29.9 Å². The van der Waals surface area contributed by atoms with Crippen molar-refractivity contribution in [2.45, 2.75) is 39.2 Å². The average molecular weight is 393 g/mol. The van der Waals surface area contributed by atoms with E-state index in [9.17, 15) is 9.59 Å². The smallest absolute Gasteiger partial charge is 0.255 e. The highest BCUT2D eigenvalue weighted by Gasteiger charge is 2.40. The van der Waals surface area contributed by atoms with Crippen molar-refractivity contribution in [1.29, 1.82) is 0 Å². The van der Waals surface area contributed by atoms with Crippen LogP contribution in [0.5, 0.6) is 0 Å². The zero-order valence-corrected chi connectivity index (χ0v) is 17.0. The van der Waals surface area contributed by atoms with Gasteiger partial charge in [-0.15, -0.1) is 0 Å². The standard InChI is InChI=1S/C22H27N5O2/c1-15-10-18(12-23-11-15)22(29)26-13-17-6-3-4-9-27(20(17)14-26)21-19(25-16(2)28)7-5-8-24-21/h5,7-8,10-12,17,20H,3-4,6,9,13-14H2,1-2H3,(H,25,28)/t17-,20+/m1/s1. The number of fused-ring (bicyclic) bond motifs is 1. The topological polar surface area (TPSA) is 78.4 Å². The largest absolute Gasteiger partial charge is 0.350 e. The van der Waals surface area contributed by atoms with E-state index in [0.717, 1.165) is 49.4 Å². The molecule has 7 heteroatoms. The van der Waals surface area contributed by atoms with Crippen LogP contribution in [0.3, 0.4) is 0 Å². The summed E-state index contributed by atoms with van der Waals surface area (Å²) < 4.78 is 0. The molecule has 2 saturated heterocycles. The number of likely N-dealkylation sites (tertiary alicyclic amines) is 1. The molecule has 2 amide bonds. The van der Waals surface area contributed by atoms with Crippen LogP contribution in [0.25, 0.3) is 0 Å². The lowest BCUT2D eigenvalue weighted by atomic mass is 9.98. The van der Waals surface area contributed by atoms with Gasteiger partial charge >= 0.3 is 0 Å². The van der Waals surface area contributed by atoms with Crippen LogP contribution in [0.4, 0.5) is 11.5 Å². The van der Waals surface area contributed by atoms with Crippen LogP contribution in [-0.2, 0) is 4.79 Å². The quantitative estimate of drug-likeness (QED) is 0.868. The molecule has 2 fully saturated rings. The molecule has 1 N–H and O–H groups in total. The van der Waals surface area contributed by atoms with Gasteiger partial charge in [-0.05, 0) is 49.4 Å². The molecule has 0 radical (unpaired) electrons. The molecule has 2 aromatic heterocycles. The number of rotatable bonds is 3. The maximum absolute atomic E-state index is 13.1. The highest BCUT2D eigenvalue weighted by atomic mass is 16.2. The molecule has 0 spiro atoms. The fourth-order valence-corrected chi connectivity index (χ4v) is 4.54. The predicted octanol–water partition coefficient (Wildman–Crippen LogP) is 2.87. The van der Waals surface area contributed by atoms with Gasteiger partial charge in [0.25, 0.3) is 5.91 Å². The second-order valence-corrected chi connectivity index (χ2v) is 8.03. The van der Waals surface area contributed by atoms with Crippen LogP contribution in [0.2, 0.25) is 0 Å². The van der Waals surface area contributed by atoms with E-state index in [1.54, 1.807) is 18.6 Å². The van der Waals surface area contributed by atoms with Gasteiger partial charge in [0.1, 0.15) is 0 Å². The van der Waals surface area contributed by atoms with Crippen molar-refractivity contribution in [3.05, 3.63) is 47.9 Å². The molecule has 2 aromatic rings. The summed E-state index contributed by atoms with van der Waals surface area (Å²) in [5.74, 6) is 1.12. The SMILES string of the molecule is CC(=O)Nc1cccnc1N1CCCC[C@@H]2CN(C(=O)c3cncc(C)c3)C[C@@H]21. The molecule has 0 aliphatic carbocycles. The van der Waals surface area contributed by atoms with Crippen LogP contribution < -0.4 is 10.2 Å². The highest BCUT2D eigenvalue weighted by Crippen LogP contribution is 2.35. The van der Waals surface area contributed by atoms with Crippen molar-refractivity contribution in [2.24, 2.45) is 5.92 Å². The van der Waals surface area contributed by atoms with Gasteiger partial charge in [-0.25, -0.2) is 4.98 Å². The first-order valence-electron chi connectivity index (χ1n) is 10.2. The molecule has 0 aromatic carbocycles. The van der Waals surface area contributed by atoms with E-state index >= 15 is 0 Å². The molecule has 0 unspecified atom stereocenters. The van der Waals surface area contributed by atoms with Gasteiger partial charge in [0.05, 0.1) is 17.3 Å². The Labute approximate surface area is 171 Å². The molecule has 2 atom stereocenters. The van der Waals surface area contributed by atoms with Gasteiger partial charge in [0.2, 0.25) is 5.91 Å². The van der Waals surface area contributed by atoms with E-state index in [4.69, 9.17) is 0 Å². The Balaban J connectivity index is 1.60. The van der Waals surface area contributed by atoms with Gasteiger partial charge < -0.3 is 15.1 Å². The van der Waals surface area contributed by atoms with Crippen LogP contribution in [0.15, 0.2) is 36.8 Å². The van der Waals surface area contributed by atoms with E-state index < -0.39 is 0 Å². The maximum Gasteiger partial charge on any atom is 0.255 e. The Morgan fingerprint density at radius 2 is 2.07 bits per heavy atom. The van der Waals surface area contributed by atoms with Crippen molar-refractivity contribution in [3.63, 3.8) is 0 Å². The van der Waals surface area contributed by atoms with Gasteiger partial charge in [0, 0.05) is 45.1 Å². The summed E-state index contributed by atoms with van der Waals surface area (Å²) in [4.78, 5) is 37.7. The van der Waals surface area contributed by atoms with Crippen molar-refractivity contribution >= 4 is 23.3 Å². The molecule has 152 valence electrons. The molecular weight excluding hydrogens is 366 g/mol. The number of amides is 2. The van der Waals surface area contributed by atoms with E-state index in [2.05, 4.69) is 20.2 Å². The lowest BCUT2D eigenvalue weighted by Gasteiger charge is -2.32. The third-order valence-corrected chi connectivity index (χ3v) is 5.81.